The summed E-state index contributed by atoms with van der Waals surface area (Å²) in [6.45, 7) is 7.53. The number of ketones is 4. The van der Waals surface area contributed by atoms with Gasteiger partial charge in [-0.15, -0.1) is 4.74 Å². The molecule has 0 aliphatic carbocycles. The molecular formula is C39H26Cu2F24N3O11. The Morgan fingerprint density at radius 3 is 0.987 bits per heavy atom. The van der Waals surface area contributed by atoms with Crippen LogP contribution in [0.2, 0.25) is 0 Å². The number of allylic oxidation sites excluding steroid dienone is 8. The number of carbonyl (C=O) groups is 4. The number of aromatic nitrogens is 1. The summed E-state index contributed by atoms with van der Waals surface area (Å²) in [5.41, 5.74) is -0.0897. The van der Waals surface area contributed by atoms with Gasteiger partial charge in [0.2, 0.25) is 5.54 Å². The first kappa shape index (κ1) is 78.9. The summed E-state index contributed by atoms with van der Waals surface area (Å²) in [6, 6.07) is 10.8. The average molecular weight is 1300 g/mol. The van der Waals surface area contributed by atoms with Crippen LogP contribution < -0.4 is 25.2 Å². The van der Waals surface area contributed by atoms with Gasteiger partial charge in [-0.2, -0.15) is 105 Å². The van der Waals surface area contributed by atoms with Crippen molar-refractivity contribution >= 4 is 29.0 Å². The standard InChI is InChI=1S/C19H22N3O3.4C5H2F6O2.2Cu/c1-18(2)19(3,4)22(24)17(21(18)23)15-7-9-16(10-8-15)25-13-14-6-5-11-20-12-14;4*6-4(7,8)2(12)1-3(13)5(9,10)11;;/h5-12H,13H2,1-4H3;4*1,12H;;/q+1;;;;;+1;+2/p-4/b;4*2-1-;;. The van der Waals surface area contributed by atoms with Gasteiger partial charge in [0.15, 0.2) is 0 Å². The van der Waals surface area contributed by atoms with Crippen molar-refractivity contribution < 1.29 is 193 Å². The minimum Gasteiger partial charge on any atom is -0.869 e. The van der Waals surface area contributed by atoms with E-state index in [2.05, 4.69) is 4.98 Å². The van der Waals surface area contributed by atoms with E-state index in [1.54, 1.807) is 64.4 Å². The van der Waals surface area contributed by atoms with Crippen molar-refractivity contribution in [1.82, 2.24) is 4.98 Å². The first-order chi connectivity index (χ1) is 33.9. The molecule has 1 aromatic heterocycles. The predicted molar refractivity (Wildman–Crippen MR) is 195 cm³/mol. The molecule has 0 unspecified atom stereocenters. The molecule has 2 heterocycles. The topological polar surface area (TPSA) is 229 Å². The van der Waals surface area contributed by atoms with Crippen LogP contribution in [-0.4, -0.2) is 104 Å². The third-order valence-electron chi connectivity index (χ3n) is 8.42. The van der Waals surface area contributed by atoms with Gasteiger partial charge in [-0.1, -0.05) is 6.07 Å². The number of hydrogen-bond donors (Lipinski definition) is 0. The second-order valence-electron chi connectivity index (χ2n) is 14.7. The van der Waals surface area contributed by atoms with E-state index in [-0.39, 0.29) is 40.0 Å². The van der Waals surface area contributed by atoms with Crippen LogP contribution in [0.3, 0.4) is 0 Å². The van der Waals surface area contributed by atoms with Crippen LogP contribution in [0.4, 0.5) is 105 Å². The average Bonchev–Trinajstić information content (AvgIpc) is 3.36. The van der Waals surface area contributed by atoms with Crippen LogP contribution in [-0.2, 0) is 59.9 Å². The molecule has 1 radical (unpaired) electrons. The largest absolute Gasteiger partial charge is 2.00 e. The normalized spacial score (nSPS) is 15.4. The van der Waals surface area contributed by atoms with Crippen molar-refractivity contribution in [3.05, 3.63) is 117 Å². The fourth-order valence-corrected chi connectivity index (χ4v) is 3.82. The minimum atomic E-state index is -5.46. The van der Waals surface area contributed by atoms with E-state index in [1.165, 1.54) is 0 Å². The van der Waals surface area contributed by atoms with Crippen LogP contribution in [0.25, 0.3) is 0 Å². The number of amidine groups is 1. The van der Waals surface area contributed by atoms with Crippen molar-refractivity contribution in [2.75, 3.05) is 0 Å². The number of pyridine rings is 1. The van der Waals surface area contributed by atoms with Gasteiger partial charge in [-0.25, -0.2) is 0 Å². The number of carbonyl (C=O) groups excluding carboxylic acids is 4. The SMILES string of the molecule is CC1(C)[N+](=O)C(c2ccc(OCc3cccnc3)cc2)=[N+]([O-])C1(C)C.O=C(/C=C(\[O-])C(F)(F)F)C(F)(F)F.O=C(/C=C(\[O-])C(F)(F)F)C(F)(F)F.O=C(/C=C(\[O-])C(F)(F)F)C(F)(F)F.O=C(/C=C(\[O-])C(F)(F)F)C(F)(F)F.[Cu+2].[Cu+]. The van der Waals surface area contributed by atoms with E-state index in [0.717, 1.165) is 15.1 Å². The van der Waals surface area contributed by atoms with Gasteiger partial charge in [-0.05, 0) is 77.7 Å². The number of ether oxygens (including phenoxy) is 1. The van der Waals surface area contributed by atoms with Gasteiger partial charge >= 0.3 is 89.4 Å². The molecule has 0 fully saturated rings. The van der Waals surface area contributed by atoms with Crippen molar-refractivity contribution in [2.24, 2.45) is 0 Å². The Hall–Kier alpha value is -6.56. The summed E-state index contributed by atoms with van der Waals surface area (Å²) in [7, 11) is 0. The smallest absolute Gasteiger partial charge is 0.869 e. The van der Waals surface area contributed by atoms with E-state index in [9.17, 15) is 155 Å². The van der Waals surface area contributed by atoms with Gasteiger partial charge in [0.1, 0.15) is 22.7 Å². The molecule has 0 atom stereocenters. The number of nitroso groups, excluding NO2 is 1. The van der Waals surface area contributed by atoms with Crippen LogP contribution in [0.15, 0.2) is 96.1 Å². The summed E-state index contributed by atoms with van der Waals surface area (Å²) in [5, 5.41) is 51.9. The molecule has 1 aliphatic heterocycles. The van der Waals surface area contributed by atoms with Crippen molar-refractivity contribution in [1.29, 1.82) is 0 Å². The molecule has 0 N–H and O–H groups in total. The fraction of sp³-hybridized carbons (Fsp3) is 0.385. The number of rotatable bonds is 8. The van der Waals surface area contributed by atoms with Crippen LogP contribution in [0, 0.1) is 10.1 Å². The van der Waals surface area contributed by atoms with E-state index in [1.807, 2.05) is 12.1 Å². The van der Waals surface area contributed by atoms with Gasteiger partial charge < -0.3 is 30.4 Å². The van der Waals surface area contributed by atoms with Crippen molar-refractivity contribution in [2.45, 2.75) is 94.8 Å². The monoisotopic (exact) mass is 1290 g/mol. The Morgan fingerprint density at radius 2 is 0.785 bits per heavy atom. The van der Waals surface area contributed by atoms with Gasteiger partial charge in [0.25, 0.3) is 28.7 Å². The summed E-state index contributed by atoms with van der Waals surface area (Å²) in [4.78, 5) is 56.0. The van der Waals surface area contributed by atoms with Crippen LogP contribution in [0.5, 0.6) is 5.75 Å². The molecule has 1 aromatic carbocycles. The Balaban J connectivity index is -0.000000460. The Kier molecular flexibility index (Phi) is 29.0. The van der Waals surface area contributed by atoms with E-state index < -0.39 is 131 Å². The van der Waals surface area contributed by atoms with E-state index in [0.29, 0.717) is 17.9 Å². The maximum absolute atomic E-state index is 12.6. The molecule has 2 aromatic rings. The molecule has 0 saturated carbocycles. The molecule has 0 spiro atoms. The molecule has 0 saturated heterocycles. The van der Waals surface area contributed by atoms with Crippen molar-refractivity contribution in [3.63, 3.8) is 0 Å². The van der Waals surface area contributed by atoms with Crippen molar-refractivity contribution in [3.8, 4) is 5.75 Å². The Bertz CT molecular complexity index is 2350. The number of hydrogen-bond acceptors (Lipinski definition) is 12. The number of halogens is 24. The Morgan fingerprint density at radius 1 is 0.506 bits per heavy atom. The number of nitrogens with zero attached hydrogens (tertiary/aromatic N) is 3. The number of hydroxylamine groups is 1. The molecule has 40 heteroatoms. The molecular weight excluding hydrogens is 1270 g/mol. The zero-order valence-corrected chi connectivity index (χ0v) is 40.0. The first-order valence-electron chi connectivity index (χ1n) is 18.7. The van der Waals surface area contributed by atoms with Gasteiger partial charge in [-0.3, -0.25) is 24.2 Å². The summed E-state index contributed by atoms with van der Waals surface area (Å²) >= 11 is 0. The summed E-state index contributed by atoms with van der Waals surface area (Å²) in [5.74, 6) is -21.8. The summed E-state index contributed by atoms with van der Waals surface area (Å²) < 4.78 is 278. The maximum Gasteiger partial charge on any atom is 2.00 e. The number of alkyl halides is 24. The van der Waals surface area contributed by atoms with Gasteiger partial charge in [0, 0.05) is 50.6 Å². The van der Waals surface area contributed by atoms with Gasteiger partial charge in [0.05, 0.1) is 0 Å². The molecule has 14 nitrogen and oxygen atoms in total. The molecule has 453 valence electrons. The molecule has 0 bridgehead atoms. The second-order valence-corrected chi connectivity index (χ2v) is 14.7. The maximum atomic E-state index is 12.6. The molecule has 79 heavy (non-hydrogen) atoms. The fourth-order valence-electron chi connectivity index (χ4n) is 3.82. The zero-order valence-electron chi connectivity index (χ0n) is 38.1. The first-order valence-corrected chi connectivity index (χ1v) is 18.7. The predicted octanol–water partition coefficient (Wildman–Crippen LogP) is 6.96. The third kappa shape index (κ3) is 26.8. The van der Waals surface area contributed by atoms with E-state index >= 15 is 0 Å². The molecule has 1 aliphatic rings. The van der Waals surface area contributed by atoms with Crippen LogP contribution >= 0.6 is 0 Å². The second kappa shape index (κ2) is 29.1. The minimum absolute atomic E-state index is 0. The quantitative estimate of drug-likeness (QED) is 0.0653. The third-order valence-corrected chi connectivity index (χ3v) is 8.42. The van der Waals surface area contributed by atoms with Crippen LogP contribution in [0.1, 0.15) is 38.8 Å². The summed E-state index contributed by atoms with van der Waals surface area (Å²) in [6.07, 6.45) is -44.3. The molecule has 3 rings (SSSR count). The van der Waals surface area contributed by atoms with E-state index in [4.69, 9.17) is 4.74 Å². The number of benzene rings is 1. The molecule has 0 amide bonds. The Labute approximate surface area is 444 Å². The zero-order chi connectivity index (χ0) is 61.7.